The summed E-state index contributed by atoms with van der Waals surface area (Å²) >= 11 is 0. The van der Waals surface area contributed by atoms with Gasteiger partial charge in [-0.2, -0.15) is 0 Å². The predicted molar refractivity (Wildman–Crippen MR) is 124 cm³/mol. The van der Waals surface area contributed by atoms with Gasteiger partial charge in [0.15, 0.2) is 0 Å². The fourth-order valence-corrected chi connectivity index (χ4v) is 4.49. The molecule has 158 valence electrons. The van der Waals surface area contributed by atoms with Crippen LogP contribution in [-0.2, 0) is 16.8 Å². The second-order valence-electron chi connectivity index (χ2n) is 9.63. The number of hydrogen-bond donors (Lipinski definition) is 0. The van der Waals surface area contributed by atoms with E-state index in [0.29, 0.717) is 12.6 Å². The lowest BCUT2D eigenvalue weighted by Crippen LogP contribution is -2.40. The minimum atomic E-state index is 0.108. The number of benzene rings is 2. The van der Waals surface area contributed by atoms with Crippen molar-refractivity contribution in [3.8, 4) is 11.4 Å². The maximum absolute atomic E-state index is 13.2. The molecule has 1 fully saturated rings. The Hall–Kier alpha value is -2.62. The summed E-state index contributed by atoms with van der Waals surface area (Å²) < 4.78 is 2.09. The van der Waals surface area contributed by atoms with E-state index >= 15 is 0 Å². The summed E-state index contributed by atoms with van der Waals surface area (Å²) in [5, 5.41) is 0. The predicted octanol–water partition coefficient (Wildman–Crippen LogP) is 5.79. The molecule has 2 aromatic carbocycles. The molecular formula is C26H33N3O. The smallest absolute Gasteiger partial charge is 0.242 e. The molecule has 1 aliphatic rings. The van der Waals surface area contributed by atoms with Gasteiger partial charge in [0, 0.05) is 18.7 Å². The second kappa shape index (κ2) is 8.25. The van der Waals surface area contributed by atoms with Crippen LogP contribution in [0, 0.1) is 0 Å². The summed E-state index contributed by atoms with van der Waals surface area (Å²) in [7, 11) is 1.97. The molecule has 1 amide bonds. The number of para-hydroxylation sites is 2. The van der Waals surface area contributed by atoms with E-state index in [2.05, 4.69) is 55.7 Å². The summed E-state index contributed by atoms with van der Waals surface area (Å²) in [6.45, 7) is 6.98. The first kappa shape index (κ1) is 20.6. The highest BCUT2D eigenvalue weighted by Crippen LogP contribution is 2.29. The first-order valence-corrected chi connectivity index (χ1v) is 11.2. The minimum absolute atomic E-state index is 0.108. The molecule has 1 saturated carbocycles. The number of carbonyl (C=O) groups is 1. The van der Waals surface area contributed by atoms with Crippen LogP contribution in [0.25, 0.3) is 22.4 Å². The van der Waals surface area contributed by atoms with Gasteiger partial charge in [0.1, 0.15) is 12.4 Å². The highest BCUT2D eigenvalue weighted by molar-refractivity contribution is 5.84. The molecule has 1 aromatic heterocycles. The van der Waals surface area contributed by atoms with Crippen LogP contribution < -0.4 is 0 Å². The Kier molecular flexibility index (Phi) is 5.68. The van der Waals surface area contributed by atoms with Gasteiger partial charge in [-0.15, -0.1) is 0 Å². The molecule has 0 spiro atoms. The zero-order valence-corrected chi connectivity index (χ0v) is 18.7. The molecule has 4 nitrogen and oxygen atoms in total. The topological polar surface area (TPSA) is 38.1 Å². The number of rotatable bonds is 4. The van der Waals surface area contributed by atoms with Crippen LogP contribution in [0.5, 0.6) is 0 Å². The van der Waals surface area contributed by atoms with E-state index in [1.165, 1.54) is 24.8 Å². The maximum atomic E-state index is 13.2. The van der Waals surface area contributed by atoms with Crippen molar-refractivity contribution >= 4 is 16.9 Å². The van der Waals surface area contributed by atoms with Crippen LogP contribution in [0.4, 0.5) is 0 Å². The molecule has 0 radical (unpaired) electrons. The van der Waals surface area contributed by atoms with Crippen molar-refractivity contribution in [2.75, 3.05) is 7.05 Å². The highest BCUT2D eigenvalue weighted by atomic mass is 16.2. The van der Waals surface area contributed by atoms with E-state index in [0.717, 1.165) is 35.3 Å². The standard InChI is InChI=1S/C26H33N3O/c1-26(2,3)20-16-14-19(15-17-20)25-27-22-12-8-9-13-23(22)29(25)18-24(30)28(4)21-10-6-5-7-11-21/h8-9,12-17,21H,5-7,10-11,18H2,1-4H3. The van der Waals surface area contributed by atoms with Gasteiger partial charge in [0.25, 0.3) is 0 Å². The van der Waals surface area contributed by atoms with Crippen molar-refractivity contribution in [2.45, 2.75) is 70.9 Å². The van der Waals surface area contributed by atoms with Gasteiger partial charge in [-0.25, -0.2) is 4.98 Å². The summed E-state index contributed by atoms with van der Waals surface area (Å²) in [4.78, 5) is 20.1. The van der Waals surface area contributed by atoms with Crippen molar-refractivity contribution in [3.63, 3.8) is 0 Å². The molecule has 30 heavy (non-hydrogen) atoms. The molecule has 4 rings (SSSR count). The monoisotopic (exact) mass is 403 g/mol. The Morgan fingerprint density at radius 1 is 1.03 bits per heavy atom. The number of likely N-dealkylation sites (N-methyl/N-ethyl adjacent to an activating group) is 1. The van der Waals surface area contributed by atoms with Gasteiger partial charge in [-0.05, 0) is 36.0 Å². The quantitative estimate of drug-likeness (QED) is 0.553. The lowest BCUT2D eigenvalue weighted by atomic mass is 9.87. The van der Waals surface area contributed by atoms with E-state index in [1.807, 2.05) is 30.1 Å². The zero-order valence-electron chi connectivity index (χ0n) is 18.7. The van der Waals surface area contributed by atoms with Gasteiger partial charge in [-0.1, -0.05) is 76.4 Å². The van der Waals surface area contributed by atoms with E-state index in [4.69, 9.17) is 4.98 Å². The van der Waals surface area contributed by atoms with Crippen molar-refractivity contribution in [2.24, 2.45) is 0 Å². The lowest BCUT2D eigenvalue weighted by molar-refractivity contribution is -0.133. The highest BCUT2D eigenvalue weighted by Gasteiger charge is 2.24. The normalized spacial score (nSPS) is 15.5. The summed E-state index contributed by atoms with van der Waals surface area (Å²) in [6, 6.07) is 17.1. The average Bonchev–Trinajstić information content (AvgIpc) is 3.11. The van der Waals surface area contributed by atoms with Crippen LogP contribution >= 0.6 is 0 Å². The van der Waals surface area contributed by atoms with Gasteiger partial charge in [-0.3, -0.25) is 4.79 Å². The number of imidazole rings is 1. The second-order valence-corrected chi connectivity index (χ2v) is 9.63. The maximum Gasteiger partial charge on any atom is 0.242 e. The number of hydrogen-bond acceptors (Lipinski definition) is 2. The fourth-order valence-electron chi connectivity index (χ4n) is 4.49. The number of fused-ring (bicyclic) bond motifs is 1. The number of amides is 1. The van der Waals surface area contributed by atoms with Gasteiger partial charge in [0.2, 0.25) is 5.91 Å². The fraction of sp³-hybridized carbons (Fsp3) is 0.462. The first-order valence-electron chi connectivity index (χ1n) is 11.2. The molecule has 4 heteroatoms. The van der Waals surface area contributed by atoms with Crippen molar-refractivity contribution < 1.29 is 4.79 Å². The SMILES string of the molecule is CN(C(=O)Cn1c(-c2ccc(C(C)(C)C)cc2)nc2ccccc21)C1CCCCC1. The third kappa shape index (κ3) is 4.14. The minimum Gasteiger partial charge on any atom is -0.341 e. The van der Waals surface area contributed by atoms with E-state index in [9.17, 15) is 4.79 Å². The van der Waals surface area contributed by atoms with Crippen molar-refractivity contribution in [3.05, 3.63) is 54.1 Å². The summed E-state index contributed by atoms with van der Waals surface area (Å²) in [5.74, 6) is 1.03. The first-order chi connectivity index (χ1) is 14.3. The molecule has 1 aliphatic carbocycles. The molecule has 0 bridgehead atoms. The summed E-state index contributed by atoms with van der Waals surface area (Å²) in [6.07, 6.45) is 5.98. The molecule has 0 unspecified atom stereocenters. The molecular weight excluding hydrogens is 370 g/mol. The zero-order chi connectivity index (χ0) is 21.3. The Bertz CT molecular complexity index is 1020. The number of aromatic nitrogens is 2. The Labute approximate surface area is 179 Å². The average molecular weight is 404 g/mol. The third-order valence-corrected chi connectivity index (χ3v) is 6.47. The molecule has 0 saturated heterocycles. The lowest BCUT2D eigenvalue weighted by Gasteiger charge is -2.31. The number of nitrogens with zero attached hydrogens (tertiary/aromatic N) is 3. The van der Waals surface area contributed by atoms with Gasteiger partial charge < -0.3 is 9.47 Å². The third-order valence-electron chi connectivity index (χ3n) is 6.47. The van der Waals surface area contributed by atoms with Crippen molar-refractivity contribution in [1.82, 2.24) is 14.5 Å². The molecule has 0 N–H and O–H groups in total. The Morgan fingerprint density at radius 2 is 1.70 bits per heavy atom. The van der Waals surface area contributed by atoms with Gasteiger partial charge >= 0.3 is 0 Å². The van der Waals surface area contributed by atoms with Crippen LogP contribution in [0.15, 0.2) is 48.5 Å². The number of carbonyl (C=O) groups excluding carboxylic acids is 1. The molecule has 0 atom stereocenters. The van der Waals surface area contributed by atoms with Crippen molar-refractivity contribution in [1.29, 1.82) is 0 Å². The van der Waals surface area contributed by atoms with E-state index in [-0.39, 0.29) is 11.3 Å². The Morgan fingerprint density at radius 3 is 2.37 bits per heavy atom. The van der Waals surface area contributed by atoms with Crippen LogP contribution in [0.1, 0.15) is 58.4 Å². The van der Waals surface area contributed by atoms with Crippen LogP contribution in [0.2, 0.25) is 0 Å². The summed E-state index contributed by atoms with van der Waals surface area (Å²) in [5.41, 5.74) is 4.39. The molecule has 0 aliphatic heterocycles. The largest absolute Gasteiger partial charge is 0.341 e. The van der Waals surface area contributed by atoms with Crippen LogP contribution in [-0.4, -0.2) is 33.4 Å². The molecule has 3 aromatic rings. The van der Waals surface area contributed by atoms with E-state index in [1.54, 1.807) is 0 Å². The Balaban J connectivity index is 1.67. The van der Waals surface area contributed by atoms with Crippen LogP contribution in [0.3, 0.4) is 0 Å². The molecule has 1 heterocycles. The van der Waals surface area contributed by atoms with Gasteiger partial charge in [0.05, 0.1) is 11.0 Å². The van der Waals surface area contributed by atoms with E-state index < -0.39 is 0 Å².